The Labute approximate surface area is 338 Å². The summed E-state index contributed by atoms with van der Waals surface area (Å²) in [5.74, 6) is 2.25. The Morgan fingerprint density at radius 2 is 1.26 bits per heavy atom. The molecular formula is C53H38N4O. The van der Waals surface area contributed by atoms with Crippen molar-refractivity contribution >= 4 is 11.4 Å². The Morgan fingerprint density at radius 1 is 0.603 bits per heavy atom. The molecule has 0 fully saturated rings. The van der Waals surface area contributed by atoms with Gasteiger partial charge in [0.15, 0.2) is 0 Å². The van der Waals surface area contributed by atoms with Crippen molar-refractivity contribution in [3.63, 3.8) is 0 Å². The average Bonchev–Trinajstić information content (AvgIpc) is 3.60. The molecule has 0 aromatic heterocycles. The number of nitrogens with zero attached hydrogens (tertiary/aromatic N) is 2. The quantitative estimate of drug-likeness (QED) is 0.184. The molecule has 2 N–H and O–H groups in total. The van der Waals surface area contributed by atoms with E-state index in [0.717, 1.165) is 74.5 Å². The highest BCUT2D eigenvalue weighted by Gasteiger charge is 2.53. The lowest BCUT2D eigenvalue weighted by Crippen LogP contribution is -2.44. The van der Waals surface area contributed by atoms with E-state index in [-0.39, 0.29) is 12.3 Å². The Kier molecular flexibility index (Phi) is 8.06. The van der Waals surface area contributed by atoms with Gasteiger partial charge < -0.3 is 10.1 Å². The second kappa shape index (κ2) is 13.7. The number of fused-ring (bicyclic) bond motifs is 8. The molecule has 5 nitrogen and oxygen atoms in total. The first kappa shape index (κ1) is 34.0. The smallest absolute Gasteiger partial charge is 0.150 e. The van der Waals surface area contributed by atoms with E-state index in [1.807, 2.05) is 24.3 Å². The Balaban J connectivity index is 1.06. The van der Waals surface area contributed by atoms with Crippen LogP contribution in [0.4, 0.5) is 0 Å². The SMILES string of the molecule is N#Cc1cccc2c1Oc1c(-c3cccc(C4N=C(c5cccc(-c6ccccc6)c5)NC(c5ccccc5)N4)c3)cccc1C21C2=C(C=CCC2)c2ccccc21. The molecule has 7 aromatic rings. The second-order valence-corrected chi connectivity index (χ2v) is 15.3. The fourth-order valence-corrected chi connectivity index (χ4v) is 9.62. The summed E-state index contributed by atoms with van der Waals surface area (Å²) in [7, 11) is 0. The molecule has 4 aliphatic rings. The normalized spacial score (nSPS) is 19.8. The zero-order valence-electron chi connectivity index (χ0n) is 31.7. The van der Waals surface area contributed by atoms with Crippen LogP contribution in [0, 0.1) is 11.3 Å². The number of rotatable bonds is 5. The zero-order chi connectivity index (χ0) is 38.6. The van der Waals surface area contributed by atoms with Gasteiger partial charge in [-0.15, -0.1) is 0 Å². The fourth-order valence-electron chi connectivity index (χ4n) is 9.62. The van der Waals surface area contributed by atoms with E-state index in [0.29, 0.717) is 11.3 Å². The van der Waals surface area contributed by atoms with Gasteiger partial charge in [0, 0.05) is 22.3 Å². The van der Waals surface area contributed by atoms with Crippen molar-refractivity contribution in [2.45, 2.75) is 30.6 Å². The lowest BCUT2D eigenvalue weighted by Gasteiger charge is -2.42. The van der Waals surface area contributed by atoms with Gasteiger partial charge in [-0.1, -0.05) is 164 Å². The highest BCUT2D eigenvalue weighted by Crippen LogP contribution is 2.64. The third-order valence-corrected chi connectivity index (χ3v) is 12.2. The minimum atomic E-state index is -0.590. The van der Waals surface area contributed by atoms with E-state index >= 15 is 0 Å². The van der Waals surface area contributed by atoms with Crippen LogP contribution in [-0.2, 0) is 5.41 Å². The highest BCUT2D eigenvalue weighted by molar-refractivity contribution is 6.00. The molecule has 2 aliphatic carbocycles. The van der Waals surface area contributed by atoms with Gasteiger partial charge in [0.1, 0.15) is 35.7 Å². The fraction of sp³-hybridized carbons (Fsp3) is 0.0943. The molecule has 11 rings (SSSR count). The molecule has 0 radical (unpaired) electrons. The molecule has 276 valence electrons. The van der Waals surface area contributed by atoms with E-state index < -0.39 is 5.41 Å². The van der Waals surface area contributed by atoms with Crippen molar-refractivity contribution in [3.05, 3.63) is 232 Å². The van der Waals surface area contributed by atoms with Crippen molar-refractivity contribution in [2.75, 3.05) is 0 Å². The maximum atomic E-state index is 10.5. The monoisotopic (exact) mass is 746 g/mol. The average molecular weight is 747 g/mol. The van der Waals surface area contributed by atoms with Crippen LogP contribution in [0.5, 0.6) is 11.5 Å². The van der Waals surface area contributed by atoms with Crippen molar-refractivity contribution in [2.24, 2.45) is 4.99 Å². The van der Waals surface area contributed by atoms with Gasteiger partial charge in [-0.3, -0.25) is 5.32 Å². The van der Waals surface area contributed by atoms with E-state index in [9.17, 15) is 5.26 Å². The van der Waals surface area contributed by atoms with Crippen LogP contribution in [0.15, 0.2) is 193 Å². The van der Waals surface area contributed by atoms with E-state index in [4.69, 9.17) is 9.73 Å². The third kappa shape index (κ3) is 5.30. The van der Waals surface area contributed by atoms with Crippen LogP contribution in [0.1, 0.15) is 69.7 Å². The van der Waals surface area contributed by atoms with Gasteiger partial charge in [-0.05, 0) is 81.1 Å². The predicted octanol–water partition coefficient (Wildman–Crippen LogP) is 11.8. The summed E-state index contributed by atoms with van der Waals surface area (Å²) in [6.07, 6.45) is 5.95. The van der Waals surface area contributed by atoms with Gasteiger partial charge >= 0.3 is 0 Å². The van der Waals surface area contributed by atoms with Crippen molar-refractivity contribution < 1.29 is 4.74 Å². The van der Waals surface area contributed by atoms with Crippen LogP contribution in [-0.4, -0.2) is 5.84 Å². The van der Waals surface area contributed by atoms with Crippen LogP contribution in [0.2, 0.25) is 0 Å². The van der Waals surface area contributed by atoms with Gasteiger partial charge in [-0.2, -0.15) is 5.26 Å². The van der Waals surface area contributed by atoms with Crippen LogP contribution in [0.3, 0.4) is 0 Å². The topological polar surface area (TPSA) is 69.4 Å². The zero-order valence-corrected chi connectivity index (χ0v) is 31.7. The third-order valence-electron chi connectivity index (χ3n) is 12.2. The number of aliphatic imine (C=N–C) groups is 1. The molecule has 3 atom stereocenters. The molecule has 2 heterocycles. The molecule has 0 bridgehead atoms. The Bertz CT molecular complexity index is 2900. The molecule has 1 spiro atoms. The molecule has 58 heavy (non-hydrogen) atoms. The standard InChI is InChI=1S/C53H38N4O/c54-33-40-23-13-29-46-48(40)58-49-41(26-14-30-47(49)53(46)44-27-9-7-24-42(44)43-25-8-10-28-45(43)53)37-20-12-22-39(32-37)52-56-50(35-17-5-2-6-18-35)55-51(57-52)38-21-11-19-36(31-38)34-15-3-1-4-16-34/h1-9,11-27,29-32,50,52,56H,10,28H2,(H,55,57). The summed E-state index contributed by atoms with van der Waals surface area (Å²) in [4.78, 5) is 5.35. The molecule has 3 unspecified atom stereocenters. The molecular weight excluding hydrogens is 709 g/mol. The number of nitrogens with one attached hydrogen (secondary N) is 2. The molecule has 0 amide bonds. The van der Waals surface area contributed by atoms with Crippen LogP contribution in [0.25, 0.3) is 27.8 Å². The van der Waals surface area contributed by atoms with Gasteiger partial charge in [0.05, 0.1) is 11.0 Å². The van der Waals surface area contributed by atoms with Crippen molar-refractivity contribution in [3.8, 4) is 39.8 Å². The molecule has 0 saturated heterocycles. The van der Waals surface area contributed by atoms with Gasteiger partial charge in [-0.25, -0.2) is 4.99 Å². The first-order valence-corrected chi connectivity index (χ1v) is 20.0. The van der Waals surface area contributed by atoms with Crippen LogP contribution < -0.4 is 15.4 Å². The summed E-state index contributed by atoms with van der Waals surface area (Å²) in [5.41, 5.74) is 14.7. The summed E-state index contributed by atoms with van der Waals surface area (Å²) in [5, 5.41) is 18.0. The molecule has 7 aromatic carbocycles. The first-order valence-electron chi connectivity index (χ1n) is 20.0. The van der Waals surface area contributed by atoms with E-state index in [1.165, 1.54) is 22.3 Å². The number of para-hydroxylation sites is 2. The van der Waals surface area contributed by atoms with Crippen molar-refractivity contribution in [1.82, 2.24) is 10.6 Å². The number of ether oxygens (including phenoxy) is 1. The maximum absolute atomic E-state index is 10.5. The second-order valence-electron chi connectivity index (χ2n) is 15.3. The largest absolute Gasteiger partial charge is 0.455 e. The summed E-state index contributed by atoms with van der Waals surface area (Å²) >= 11 is 0. The number of nitriles is 1. The van der Waals surface area contributed by atoms with E-state index in [1.54, 1.807) is 0 Å². The maximum Gasteiger partial charge on any atom is 0.150 e. The minimum Gasteiger partial charge on any atom is -0.455 e. The lowest BCUT2D eigenvalue weighted by molar-refractivity contribution is 0.409. The lowest BCUT2D eigenvalue weighted by atomic mass is 9.63. The summed E-state index contributed by atoms with van der Waals surface area (Å²) in [6.45, 7) is 0. The number of allylic oxidation sites excluding steroid dienone is 4. The first-order chi connectivity index (χ1) is 28.7. The van der Waals surface area contributed by atoms with Crippen LogP contribution >= 0.6 is 0 Å². The van der Waals surface area contributed by atoms with Gasteiger partial charge in [0.2, 0.25) is 0 Å². The molecule has 0 saturated carbocycles. The van der Waals surface area contributed by atoms with E-state index in [2.05, 4.69) is 174 Å². The summed E-state index contributed by atoms with van der Waals surface area (Å²) < 4.78 is 7.03. The number of benzene rings is 7. The van der Waals surface area contributed by atoms with Gasteiger partial charge in [0.25, 0.3) is 0 Å². The Hall–Kier alpha value is -7.26. The predicted molar refractivity (Wildman–Crippen MR) is 231 cm³/mol. The number of amidine groups is 1. The molecule has 2 aliphatic heterocycles. The number of hydrogen-bond donors (Lipinski definition) is 2. The minimum absolute atomic E-state index is 0.175. The number of hydrogen-bond acceptors (Lipinski definition) is 5. The molecule has 5 heteroatoms. The Morgan fingerprint density at radius 3 is 2.12 bits per heavy atom. The highest BCUT2D eigenvalue weighted by atomic mass is 16.5. The van der Waals surface area contributed by atoms with Crippen molar-refractivity contribution in [1.29, 1.82) is 5.26 Å². The summed E-state index contributed by atoms with van der Waals surface area (Å²) in [6, 6.07) is 62.0.